The van der Waals surface area contributed by atoms with Crippen LogP contribution in [0.2, 0.25) is 0 Å². The molecule has 1 radical (unpaired) electrons. The molecule has 4 heteroatoms. The van der Waals surface area contributed by atoms with Crippen molar-refractivity contribution in [2.45, 2.75) is 37.5 Å². The van der Waals surface area contributed by atoms with Gasteiger partial charge in [-0.05, 0) is 88.7 Å². The first-order valence-corrected chi connectivity index (χ1v) is 14.3. The SMILES string of the molecule is [Ir].[c-]1ccc2c(sc3ccccc32)c1-c1cc(C23CCC(CC2)C3)ccn1.[c-]1ccccc1-c1ccccn1. The Morgan fingerprint density at radius 2 is 1.56 bits per heavy atom. The van der Waals surface area contributed by atoms with Gasteiger partial charge in [-0.1, -0.05) is 41.8 Å². The van der Waals surface area contributed by atoms with Crippen LogP contribution < -0.4 is 0 Å². The van der Waals surface area contributed by atoms with Crippen LogP contribution in [-0.4, -0.2) is 9.97 Å². The van der Waals surface area contributed by atoms with E-state index in [0.29, 0.717) is 5.41 Å². The van der Waals surface area contributed by atoms with Crippen molar-refractivity contribution >= 4 is 31.5 Å². The van der Waals surface area contributed by atoms with E-state index in [4.69, 9.17) is 4.98 Å². The van der Waals surface area contributed by atoms with E-state index in [9.17, 15) is 0 Å². The van der Waals surface area contributed by atoms with E-state index in [1.807, 2.05) is 60.0 Å². The molecule has 2 fully saturated rings. The maximum atomic E-state index is 4.76. The summed E-state index contributed by atoms with van der Waals surface area (Å²) in [6, 6.07) is 37.9. The summed E-state index contributed by atoms with van der Waals surface area (Å²) in [5, 5.41) is 2.67. The molecule has 6 aromatic rings. The van der Waals surface area contributed by atoms with Crippen LogP contribution in [0.4, 0.5) is 0 Å². The second-order valence-corrected chi connectivity index (χ2v) is 11.6. The Morgan fingerprint density at radius 3 is 2.33 bits per heavy atom. The molecule has 195 valence electrons. The predicted molar refractivity (Wildman–Crippen MR) is 158 cm³/mol. The minimum Gasteiger partial charge on any atom is -0.305 e. The Hall–Kier alpha value is -3.17. The molecule has 39 heavy (non-hydrogen) atoms. The summed E-state index contributed by atoms with van der Waals surface area (Å²) in [5.74, 6) is 0.962. The summed E-state index contributed by atoms with van der Waals surface area (Å²) in [5.41, 5.74) is 6.19. The summed E-state index contributed by atoms with van der Waals surface area (Å²) < 4.78 is 2.65. The van der Waals surface area contributed by atoms with Gasteiger partial charge in [-0.2, -0.15) is 11.3 Å². The quantitative estimate of drug-likeness (QED) is 0.172. The third-order valence-electron chi connectivity index (χ3n) is 8.36. The molecule has 0 amide bonds. The van der Waals surface area contributed by atoms with Crippen LogP contribution in [0.1, 0.15) is 37.7 Å². The number of nitrogens with zero attached hydrogens (tertiary/aromatic N) is 2. The number of pyridine rings is 2. The Labute approximate surface area is 247 Å². The van der Waals surface area contributed by atoms with Crippen molar-refractivity contribution in [2.24, 2.45) is 5.92 Å². The molecule has 2 aliphatic rings. The number of rotatable bonds is 3. The van der Waals surface area contributed by atoms with Crippen LogP contribution in [0, 0.1) is 18.1 Å². The molecule has 3 heterocycles. The maximum Gasteiger partial charge on any atom is 0.0239 e. The van der Waals surface area contributed by atoms with Crippen LogP contribution >= 0.6 is 11.3 Å². The molecule has 0 atom stereocenters. The molecule has 3 aromatic carbocycles. The molecule has 2 nitrogen and oxygen atoms in total. The van der Waals surface area contributed by atoms with Gasteiger partial charge in [-0.25, -0.2) is 0 Å². The third-order valence-corrected chi connectivity index (χ3v) is 9.56. The summed E-state index contributed by atoms with van der Waals surface area (Å²) >= 11 is 1.86. The zero-order chi connectivity index (χ0) is 25.4. The Bertz CT molecular complexity index is 1670. The Kier molecular flexibility index (Phi) is 7.44. The minimum absolute atomic E-state index is 0. The van der Waals surface area contributed by atoms with Crippen molar-refractivity contribution in [1.29, 1.82) is 0 Å². The number of hydrogen-bond donors (Lipinski definition) is 0. The molecule has 8 rings (SSSR count). The van der Waals surface area contributed by atoms with E-state index in [-0.39, 0.29) is 20.1 Å². The zero-order valence-electron chi connectivity index (χ0n) is 21.6. The van der Waals surface area contributed by atoms with Crippen LogP contribution in [0.25, 0.3) is 42.7 Å². The normalized spacial score (nSPS) is 19.4. The molecule has 2 bridgehead atoms. The smallest absolute Gasteiger partial charge is 0.0239 e. The van der Waals surface area contributed by atoms with Gasteiger partial charge in [0.15, 0.2) is 0 Å². The van der Waals surface area contributed by atoms with E-state index in [1.54, 1.807) is 6.20 Å². The van der Waals surface area contributed by atoms with Crippen molar-refractivity contribution in [3.63, 3.8) is 0 Å². The standard InChI is InChI=1S/C24H20NS.C11H8N.Ir/c1-2-7-22-18(4-1)19-5-3-6-20(23(19)26-22)21-14-17(10-13-25-21)24-11-8-16(15-24)9-12-24;1-2-6-10(7-3-1)11-8-4-5-9-12-11;/h1-5,7,10,13-14,16H,8-9,11-12,15H2;1-6,8-9H;/q2*-1;. The maximum absolute atomic E-state index is 4.76. The van der Waals surface area contributed by atoms with Gasteiger partial charge in [0.2, 0.25) is 0 Å². The van der Waals surface area contributed by atoms with E-state index in [0.717, 1.165) is 28.4 Å². The Morgan fingerprint density at radius 1 is 0.744 bits per heavy atom. The molecule has 0 N–H and O–H groups in total. The number of thiophene rings is 1. The number of fused-ring (bicyclic) bond motifs is 5. The second kappa shape index (κ2) is 11.1. The minimum atomic E-state index is 0. The summed E-state index contributed by atoms with van der Waals surface area (Å²) in [7, 11) is 0. The summed E-state index contributed by atoms with van der Waals surface area (Å²) in [6.45, 7) is 0. The second-order valence-electron chi connectivity index (χ2n) is 10.5. The van der Waals surface area contributed by atoms with Crippen molar-refractivity contribution in [3.05, 3.63) is 121 Å². The van der Waals surface area contributed by atoms with Gasteiger partial charge in [0.1, 0.15) is 0 Å². The van der Waals surface area contributed by atoms with Crippen LogP contribution in [0.5, 0.6) is 0 Å². The van der Waals surface area contributed by atoms with Crippen molar-refractivity contribution in [3.8, 4) is 22.5 Å². The van der Waals surface area contributed by atoms with Gasteiger partial charge < -0.3 is 9.97 Å². The molecule has 3 aromatic heterocycles. The Balaban J connectivity index is 0.000000180. The van der Waals surface area contributed by atoms with E-state index in [2.05, 4.69) is 65.6 Å². The van der Waals surface area contributed by atoms with Crippen molar-refractivity contribution in [1.82, 2.24) is 9.97 Å². The van der Waals surface area contributed by atoms with Crippen LogP contribution in [0.3, 0.4) is 0 Å². The fourth-order valence-electron chi connectivity index (χ4n) is 6.45. The number of benzene rings is 3. The summed E-state index contributed by atoms with van der Waals surface area (Å²) in [4.78, 5) is 8.97. The molecule has 2 aliphatic carbocycles. The van der Waals surface area contributed by atoms with Crippen molar-refractivity contribution < 1.29 is 20.1 Å². The average Bonchev–Trinajstić information content (AvgIpc) is 3.73. The largest absolute Gasteiger partial charge is 0.305 e. The van der Waals surface area contributed by atoms with Gasteiger partial charge in [0.25, 0.3) is 0 Å². The van der Waals surface area contributed by atoms with Crippen LogP contribution in [-0.2, 0) is 25.5 Å². The number of hydrogen-bond acceptors (Lipinski definition) is 3. The summed E-state index contributed by atoms with van der Waals surface area (Å²) in [6.07, 6.45) is 10.7. The van der Waals surface area contributed by atoms with Gasteiger partial charge >= 0.3 is 0 Å². The number of aromatic nitrogens is 2. The third kappa shape index (κ3) is 4.98. The van der Waals surface area contributed by atoms with Gasteiger partial charge in [-0.3, -0.25) is 0 Å². The fourth-order valence-corrected chi connectivity index (χ4v) is 7.66. The molecule has 0 saturated heterocycles. The topological polar surface area (TPSA) is 25.8 Å². The first kappa shape index (κ1) is 26.1. The van der Waals surface area contributed by atoms with Gasteiger partial charge in [0, 0.05) is 37.2 Å². The monoisotopic (exact) mass is 701 g/mol. The van der Waals surface area contributed by atoms with Crippen LogP contribution in [0.15, 0.2) is 103 Å². The van der Waals surface area contributed by atoms with E-state index >= 15 is 0 Å². The predicted octanol–water partition coefficient (Wildman–Crippen LogP) is 9.29. The van der Waals surface area contributed by atoms with Crippen molar-refractivity contribution in [2.75, 3.05) is 0 Å². The first-order chi connectivity index (χ1) is 18.8. The van der Waals surface area contributed by atoms with E-state index in [1.165, 1.54) is 57.8 Å². The molecule has 0 aliphatic heterocycles. The fraction of sp³-hybridized carbons (Fsp3) is 0.200. The zero-order valence-corrected chi connectivity index (χ0v) is 24.8. The average molecular weight is 701 g/mol. The molecular formula is C35H28IrN2S-2. The molecular weight excluding hydrogens is 673 g/mol. The first-order valence-electron chi connectivity index (χ1n) is 13.5. The van der Waals surface area contributed by atoms with Gasteiger partial charge in [-0.15, -0.1) is 59.7 Å². The molecule has 0 spiro atoms. The molecule has 0 unspecified atom stereocenters. The van der Waals surface area contributed by atoms with E-state index < -0.39 is 0 Å². The molecule has 2 saturated carbocycles. The van der Waals surface area contributed by atoms with Gasteiger partial charge in [0.05, 0.1) is 0 Å².